The van der Waals surface area contributed by atoms with Crippen molar-refractivity contribution in [2.24, 2.45) is 0 Å². The first kappa shape index (κ1) is 19.2. The average molecular weight is 338 g/mol. The summed E-state index contributed by atoms with van der Waals surface area (Å²) in [6.45, 7) is 4.31. The van der Waals surface area contributed by atoms with Crippen molar-refractivity contribution in [2.45, 2.75) is 64.9 Å². The summed E-state index contributed by atoms with van der Waals surface area (Å²) in [4.78, 5) is 12.7. The van der Waals surface area contributed by atoms with Gasteiger partial charge in [-0.15, -0.1) is 0 Å². The summed E-state index contributed by atoms with van der Waals surface area (Å²) in [5.74, 6) is -0.168. The zero-order valence-corrected chi connectivity index (χ0v) is 15.5. The van der Waals surface area contributed by atoms with E-state index < -0.39 is 0 Å². The van der Waals surface area contributed by atoms with Crippen molar-refractivity contribution in [2.75, 3.05) is 0 Å². The summed E-state index contributed by atoms with van der Waals surface area (Å²) in [7, 11) is 0. The lowest BCUT2D eigenvalue weighted by atomic mass is 10.0. The van der Waals surface area contributed by atoms with Crippen LogP contribution in [0.15, 0.2) is 54.6 Å². The van der Waals surface area contributed by atoms with Crippen molar-refractivity contribution in [1.82, 2.24) is 0 Å². The normalized spacial score (nSPS) is 11.9. The summed E-state index contributed by atoms with van der Waals surface area (Å²) in [6.07, 6.45) is 6.88. The standard InChI is InChI=1S/C23H30O2/c1-3-5-14-20-15-9-10-16-22(20)23(24)25-21(11-4-2)18-17-19-12-7-6-8-13-19/h6-10,12-13,15-16,21H,3-5,11,14,17-18H2,1-2H3. The van der Waals surface area contributed by atoms with Gasteiger partial charge in [-0.1, -0.05) is 75.2 Å². The number of carbonyl (C=O) groups is 1. The fourth-order valence-electron chi connectivity index (χ4n) is 3.08. The molecule has 0 N–H and O–H groups in total. The second-order valence-corrected chi connectivity index (χ2v) is 6.60. The van der Waals surface area contributed by atoms with Crippen LogP contribution in [0.3, 0.4) is 0 Å². The summed E-state index contributed by atoms with van der Waals surface area (Å²) in [5.41, 5.74) is 3.13. The van der Waals surface area contributed by atoms with Crippen molar-refractivity contribution < 1.29 is 9.53 Å². The lowest BCUT2D eigenvalue weighted by molar-refractivity contribution is 0.0259. The maximum Gasteiger partial charge on any atom is 0.338 e. The Morgan fingerprint density at radius 3 is 2.32 bits per heavy atom. The van der Waals surface area contributed by atoms with Crippen LogP contribution in [-0.2, 0) is 17.6 Å². The van der Waals surface area contributed by atoms with Gasteiger partial charge >= 0.3 is 5.97 Å². The molecule has 2 nitrogen and oxygen atoms in total. The number of benzene rings is 2. The highest BCUT2D eigenvalue weighted by Crippen LogP contribution is 2.18. The largest absolute Gasteiger partial charge is 0.459 e. The number of unbranched alkanes of at least 4 members (excludes halogenated alkanes) is 1. The van der Waals surface area contributed by atoms with Crippen LogP contribution < -0.4 is 0 Å². The molecule has 0 saturated heterocycles. The van der Waals surface area contributed by atoms with Crippen molar-refractivity contribution in [3.63, 3.8) is 0 Å². The minimum Gasteiger partial charge on any atom is -0.459 e. The van der Waals surface area contributed by atoms with E-state index in [0.717, 1.165) is 56.1 Å². The van der Waals surface area contributed by atoms with E-state index in [2.05, 4.69) is 38.1 Å². The molecule has 0 bridgehead atoms. The number of rotatable bonds is 10. The van der Waals surface area contributed by atoms with E-state index >= 15 is 0 Å². The van der Waals surface area contributed by atoms with Gasteiger partial charge < -0.3 is 4.74 Å². The Balaban J connectivity index is 1.99. The third kappa shape index (κ3) is 6.38. The van der Waals surface area contributed by atoms with E-state index in [-0.39, 0.29) is 12.1 Å². The van der Waals surface area contributed by atoms with Gasteiger partial charge in [0.15, 0.2) is 0 Å². The molecule has 134 valence electrons. The minimum atomic E-state index is -0.168. The number of esters is 1. The van der Waals surface area contributed by atoms with Gasteiger partial charge in [0.1, 0.15) is 6.10 Å². The zero-order valence-electron chi connectivity index (χ0n) is 15.5. The van der Waals surface area contributed by atoms with E-state index in [9.17, 15) is 4.79 Å². The Kier molecular flexibility index (Phi) is 8.24. The maximum atomic E-state index is 12.7. The zero-order chi connectivity index (χ0) is 17.9. The Labute approximate surface area is 152 Å². The third-order valence-electron chi connectivity index (χ3n) is 4.52. The molecule has 0 aliphatic heterocycles. The highest BCUT2D eigenvalue weighted by Gasteiger charge is 2.17. The topological polar surface area (TPSA) is 26.3 Å². The molecule has 2 aromatic carbocycles. The van der Waals surface area contributed by atoms with Crippen LogP contribution in [0.5, 0.6) is 0 Å². The van der Waals surface area contributed by atoms with E-state index in [0.29, 0.717) is 0 Å². The molecule has 1 unspecified atom stereocenters. The van der Waals surface area contributed by atoms with Crippen LogP contribution >= 0.6 is 0 Å². The molecule has 1 atom stereocenters. The van der Waals surface area contributed by atoms with E-state index in [1.54, 1.807) is 0 Å². The number of ether oxygens (including phenoxy) is 1. The Morgan fingerprint density at radius 2 is 1.60 bits per heavy atom. The second kappa shape index (κ2) is 10.7. The van der Waals surface area contributed by atoms with Gasteiger partial charge in [0.2, 0.25) is 0 Å². The van der Waals surface area contributed by atoms with Gasteiger partial charge in [0, 0.05) is 0 Å². The van der Waals surface area contributed by atoms with Crippen LogP contribution in [-0.4, -0.2) is 12.1 Å². The number of hydrogen-bond donors (Lipinski definition) is 0. The van der Waals surface area contributed by atoms with Crippen LogP contribution in [0.4, 0.5) is 0 Å². The number of carbonyl (C=O) groups excluding carboxylic acids is 1. The first-order valence-electron chi connectivity index (χ1n) is 9.57. The lowest BCUT2D eigenvalue weighted by Crippen LogP contribution is -2.20. The molecular weight excluding hydrogens is 308 g/mol. The third-order valence-corrected chi connectivity index (χ3v) is 4.52. The predicted octanol–water partition coefficient (Wildman–Crippen LogP) is 5.99. The Hall–Kier alpha value is -2.09. The molecule has 2 rings (SSSR count). The van der Waals surface area contributed by atoms with E-state index in [1.165, 1.54) is 5.56 Å². The van der Waals surface area contributed by atoms with E-state index in [1.807, 2.05) is 30.3 Å². The fraction of sp³-hybridized carbons (Fsp3) is 0.435. The molecule has 0 heterocycles. The smallest absolute Gasteiger partial charge is 0.338 e. The van der Waals surface area contributed by atoms with E-state index in [4.69, 9.17) is 4.74 Å². The molecule has 2 heteroatoms. The van der Waals surface area contributed by atoms with Crippen LogP contribution in [0, 0.1) is 0 Å². The minimum absolute atomic E-state index is 0.0167. The number of hydrogen-bond acceptors (Lipinski definition) is 2. The molecule has 0 amide bonds. The summed E-state index contributed by atoms with van der Waals surface area (Å²) < 4.78 is 5.88. The first-order valence-corrected chi connectivity index (χ1v) is 9.57. The molecule has 0 radical (unpaired) electrons. The molecule has 0 aromatic heterocycles. The van der Waals surface area contributed by atoms with Crippen LogP contribution in [0.1, 0.15) is 67.4 Å². The van der Waals surface area contributed by atoms with Crippen molar-refractivity contribution in [1.29, 1.82) is 0 Å². The molecule has 0 aliphatic carbocycles. The fourth-order valence-corrected chi connectivity index (χ4v) is 3.08. The molecule has 0 aliphatic rings. The van der Waals surface area contributed by atoms with Gasteiger partial charge in [-0.2, -0.15) is 0 Å². The average Bonchev–Trinajstić information content (AvgIpc) is 2.65. The Bertz CT molecular complexity index is 634. The van der Waals surface area contributed by atoms with Crippen LogP contribution in [0.2, 0.25) is 0 Å². The highest BCUT2D eigenvalue weighted by atomic mass is 16.5. The molecule has 25 heavy (non-hydrogen) atoms. The van der Waals surface area contributed by atoms with Gasteiger partial charge in [0.05, 0.1) is 5.56 Å². The van der Waals surface area contributed by atoms with Crippen molar-refractivity contribution in [3.8, 4) is 0 Å². The molecule has 2 aromatic rings. The van der Waals surface area contributed by atoms with Gasteiger partial charge in [-0.25, -0.2) is 4.79 Å². The second-order valence-electron chi connectivity index (χ2n) is 6.60. The SMILES string of the molecule is CCCCc1ccccc1C(=O)OC(CCC)CCc1ccccc1. The number of aryl methyl sites for hydroxylation is 2. The summed E-state index contributed by atoms with van der Waals surface area (Å²) >= 11 is 0. The van der Waals surface area contributed by atoms with Gasteiger partial charge in [-0.3, -0.25) is 0 Å². The highest BCUT2D eigenvalue weighted by molar-refractivity contribution is 5.91. The van der Waals surface area contributed by atoms with Gasteiger partial charge in [-0.05, 0) is 49.3 Å². The Morgan fingerprint density at radius 1 is 0.880 bits per heavy atom. The molecule has 0 saturated carbocycles. The maximum absolute atomic E-state index is 12.7. The quantitative estimate of drug-likeness (QED) is 0.498. The molecule has 0 fully saturated rings. The van der Waals surface area contributed by atoms with Gasteiger partial charge in [0.25, 0.3) is 0 Å². The molecule has 0 spiro atoms. The van der Waals surface area contributed by atoms with Crippen LogP contribution in [0.25, 0.3) is 0 Å². The van der Waals surface area contributed by atoms with Crippen molar-refractivity contribution in [3.05, 3.63) is 71.3 Å². The lowest BCUT2D eigenvalue weighted by Gasteiger charge is -2.18. The van der Waals surface area contributed by atoms with Crippen molar-refractivity contribution >= 4 is 5.97 Å². The monoisotopic (exact) mass is 338 g/mol. The first-order chi connectivity index (χ1) is 12.2. The summed E-state index contributed by atoms with van der Waals surface area (Å²) in [5, 5.41) is 0. The molecular formula is C23H30O2. The predicted molar refractivity (Wildman–Crippen MR) is 104 cm³/mol. The summed E-state index contributed by atoms with van der Waals surface area (Å²) in [6, 6.07) is 18.3.